The second-order valence-corrected chi connectivity index (χ2v) is 24.2. The largest absolute Gasteiger partial charge is 1.00 e. The summed E-state index contributed by atoms with van der Waals surface area (Å²) >= 11 is 1.74. The molecule has 0 N–H and O–H groups in total. The fraction of sp³-hybridized carbons (Fsp3) is 0.261. The van der Waals surface area contributed by atoms with Crippen LogP contribution >= 0.6 is 0 Å². The van der Waals surface area contributed by atoms with Gasteiger partial charge in [-0.25, -0.2) is 0 Å². The van der Waals surface area contributed by atoms with Gasteiger partial charge in [-0.05, 0) is 45.7 Å². The van der Waals surface area contributed by atoms with Crippen LogP contribution in [0.4, 0.5) is 0 Å². The number of aryl methyl sites for hydroxylation is 3. The number of rotatable bonds is 3. The Morgan fingerprint density at radius 2 is 1.24 bits per heavy atom. The first kappa shape index (κ1) is 41.7. The molecule has 0 amide bonds. The maximum Gasteiger partial charge on any atom is -0.0113 e. The molecule has 7 aromatic carbocycles. The minimum atomic E-state index is 0. The Balaban J connectivity index is 0.000000236. The van der Waals surface area contributed by atoms with Crippen molar-refractivity contribution >= 4 is 37.8 Å². The molecule has 0 radical (unpaired) electrons. The van der Waals surface area contributed by atoms with E-state index in [2.05, 4.69) is 184 Å². The first-order valence-corrected chi connectivity index (χ1v) is 23.4. The summed E-state index contributed by atoms with van der Waals surface area (Å²) in [4.78, 5) is 0. The molecule has 0 heterocycles. The number of hydrogen-bond acceptors (Lipinski definition) is 0. The topological polar surface area (TPSA) is 0 Å². The summed E-state index contributed by atoms with van der Waals surface area (Å²) in [5, 5.41) is 8.11. The van der Waals surface area contributed by atoms with Crippen molar-refractivity contribution in [2.45, 2.75) is 79.8 Å². The molecule has 0 aliphatic rings. The molecule has 4 heteroatoms. The van der Waals surface area contributed by atoms with Gasteiger partial charge in [0.05, 0.1) is 0 Å². The van der Waals surface area contributed by atoms with Crippen molar-refractivity contribution in [3.8, 4) is 22.3 Å². The third-order valence-electron chi connectivity index (χ3n) is 9.12. The van der Waals surface area contributed by atoms with E-state index in [1.54, 1.807) is 23.3 Å². The molecule has 7 rings (SSSR count). The molecule has 0 spiro atoms. The van der Waals surface area contributed by atoms with E-state index >= 15 is 0 Å². The molecule has 0 aromatic heterocycles. The summed E-state index contributed by atoms with van der Waals surface area (Å²) in [5.41, 5.74) is 12.6. The number of halogens is 2. The van der Waals surface area contributed by atoms with Gasteiger partial charge in [-0.3, -0.25) is 0 Å². The van der Waals surface area contributed by atoms with Crippen LogP contribution in [0.1, 0.15) is 68.4 Å². The monoisotopic (exact) mass is 790 g/mol. The molecule has 0 atom stereocenters. The van der Waals surface area contributed by atoms with E-state index in [9.17, 15) is 0 Å². The van der Waals surface area contributed by atoms with Crippen LogP contribution < -0.4 is 24.8 Å². The van der Waals surface area contributed by atoms with Crippen molar-refractivity contribution < 1.29 is 48.1 Å². The number of fused-ring (bicyclic) bond motifs is 3. The van der Waals surface area contributed by atoms with Gasteiger partial charge in [0.1, 0.15) is 0 Å². The summed E-state index contributed by atoms with van der Waals surface area (Å²) in [6.07, 6.45) is 0. The van der Waals surface area contributed by atoms with Crippen LogP contribution in [-0.2, 0) is 28.8 Å². The molecule has 7 aromatic rings. The standard InChI is InChI=1S/C22H19.C22H25.C2H6Si.2ClH.Zr/c1-14-11-20-15(2)13-16(3)22(21(20)12-14)19-10-6-8-17-7-4-5-9-18(17)19;1-15(2)18-13-17-7-6-8-20(21(17)14-18)16-9-11-19(12-10-16)22(3,4)5;1-3-2;;;/h4-13H,1-3H3;6-15H,1-5H3;1-2H3;2*1H;/q2*-1;;;;+2/p-2. The summed E-state index contributed by atoms with van der Waals surface area (Å²) in [5.74, 6) is 0.573. The second-order valence-electron chi connectivity index (χ2n) is 14.9. The molecule has 0 saturated heterocycles. The number of benzene rings is 5. The van der Waals surface area contributed by atoms with Crippen LogP contribution in [0.3, 0.4) is 0 Å². The van der Waals surface area contributed by atoms with Gasteiger partial charge in [0.15, 0.2) is 0 Å². The van der Waals surface area contributed by atoms with E-state index in [0.29, 0.717) is 5.92 Å². The van der Waals surface area contributed by atoms with E-state index < -0.39 is 0 Å². The van der Waals surface area contributed by atoms with Gasteiger partial charge in [-0.15, -0.1) is 62.5 Å². The van der Waals surface area contributed by atoms with Gasteiger partial charge in [-0.2, -0.15) is 12.1 Å². The zero-order valence-electron chi connectivity index (χ0n) is 31.3. The molecular formula is C46H50Cl2SiZr-2. The maximum atomic E-state index is 2.35. The fourth-order valence-corrected chi connectivity index (χ4v) is 6.67. The van der Waals surface area contributed by atoms with Crippen LogP contribution in [-0.4, -0.2) is 5.43 Å². The molecule has 0 aliphatic carbocycles. The second kappa shape index (κ2) is 17.7. The SMILES string of the molecule is CC(C)c1cc2c(-c3ccc(C(C)(C)C)cc3)cccc2[cH-]1.C[Si](C)=[Zr+2].Cc1cc2c(-c3cccc4ccccc34)c(C)cc(C)c2[cH-]1.[Cl-].[Cl-]. The average molecular weight is 793 g/mol. The van der Waals surface area contributed by atoms with Gasteiger partial charge in [0, 0.05) is 0 Å². The van der Waals surface area contributed by atoms with Crippen molar-refractivity contribution in [1.82, 2.24) is 0 Å². The number of hydrogen-bond donors (Lipinski definition) is 0. The minimum Gasteiger partial charge on any atom is -1.00 e. The van der Waals surface area contributed by atoms with Crippen molar-refractivity contribution in [3.63, 3.8) is 0 Å². The Labute approximate surface area is 328 Å². The predicted octanol–water partition coefficient (Wildman–Crippen LogP) is 7.74. The fourth-order valence-electron chi connectivity index (χ4n) is 6.67. The summed E-state index contributed by atoms with van der Waals surface area (Å²) < 4.78 is 0. The Hall–Kier alpha value is -2.74. The molecule has 0 nitrogen and oxygen atoms in total. The van der Waals surface area contributed by atoms with Crippen LogP contribution in [0.5, 0.6) is 0 Å². The van der Waals surface area contributed by atoms with E-state index in [1.165, 1.54) is 82.4 Å². The van der Waals surface area contributed by atoms with Gasteiger partial charge in [-0.1, -0.05) is 144 Å². The van der Waals surface area contributed by atoms with E-state index in [-0.39, 0.29) is 35.7 Å². The van der Waals surface area contributed by atoms with E-state index in [1.807, 2.05) is 0 Å². The third-order valence-corrected chi connectivity index (χ3v) is 9.12. The van der Waals surface area contributed by atoms with Gasteiger partial charge in [0.25, 0.3) is 0 Å². The van der Waals surface area contributed by atoms with Crippen molar-refractivity contribution in [2.75, 3.05) is 0 Å². The first-order valence-electron chi connectivity index (χ1n) is 17.2. The van der Waals surface area contributed by atoms with E-state index in [0.717, 1.165) is 0 Å². The van der Waals surface area contributed by atoms with Crippen LogP contribution in [0, 0.1) is 20.8 Å². The summed E-state index contributed by atoms with van der Waals surface area (Å²) in [6.45, 7) is 22.5. The van der Waals surface area contributed by atoms with Gasteiger partial charge < -0.3 is 24.8 Å². The van der Waals surface area contributed by atoms with Crippen molar-refractivity contribution in [1.29, 1.82) is 0 Å². The van der Waals surface area contributed by atoms with Gasteiger partial charge in [0.2, 0.25) is 0 Å². The Morgan fingerprint density at radius 1 is 0.640 bits per heavy atom. The molecule has 258 valence electrons. The molecule has 0 saturated carbocycles. The first-order chi connectivity index (χ1) is 22.7. The smallest absolute Gasteiger partial charge is 0.0113 e. The third kappa shape index (κ3) is 9.57. The Kier molecular flexibility index (Phi) is 14.7. The summed E-state index contributed by atoms with van der Waals surface area (Å²) in [7, 11) is 0. The average Bonchev–Trinajstić information content (AvgIpc) is 3.65. The van der Waals surface area contributed by atoms with E-state index in [4.69, 9.17) is 0 Å². The van der Waals surface area contributed by atoms with Crippen molar-refractivity contribution in [3.05, 3.63) is 143 Å². The van der Waals surface area contributed by atoms with Crippen LogP contribution in [0.25, 0.3) is 54.6 Å². The quantitative estimate of drug-likeness (QED) is 0.127. The van der Waals surface area contributed by atoms with Crippen molar-refractivity contribution in [2.24, 2.45) is 0 Å². The molecule has 50 heavy (non-hydrogen) atoms. The molecule has 0 fully saturated rings. The molecule has 0 bridgehead atoms. The van der Waals surface area contributed by atoms with Gasteiger partial charge >= 0.3 is 41.9 Å². The molecule has 0 aliphatic heterocycles. The minimum absolute atomic E-state index is 0. The maximum absolute atomic E-state index is 2.35. The zero-order chi connectivity index (χ0) is 34.7. The molecular weight excluding hydrogens is 743 g/mol. The Morgan fingerprint density at radius 3 is 1.88 bits per heavy atom. The summed E-state index contributed by atoms with van der Waals surface area (Å²) in [6, 6.07) is 42.6. The predicted molar refractivity (Wildman–Crippen MR) is 212 cm³/mol. The molecule has 0 unspecified atom stereocenters. The van der Waals surface area contributed by atoms with Crippen LogP contribution in [0.2, 0.25) is 13.1 Å². The Bertz CT molecular complexity index is 2200. The zero-order valence-corrected chi connectivity index (χ0v) is 36.3. The normalized spacial score (nSPS) is 11.0. The van der Waals surface area contributed by atoms with Crippen LogP contribution in [0.15, 0.2) is 115 Å².